The molecule has 19 heavy (non-hydrogen) atoms. The number of pyridine rings is 1. The number of sulfonamides is 1. The van der Waals surface area contributed by atoms with Gasteiger partial charge in [-0.2, -0.15) is 0 Å². The summed E-state index contributed by atoms with van der Waals surface area (Å²) in [6.45, 7) is 3.98. The molecule has 0 fully saturated rings. The highest BCUT2D eigenvalue weighted by atomic mass is 32.2. The summed E-state index contributed by atoms with van der Waals surface area (Å²) in [6.07, 6.45) is 4.72. The predicted octanol–water partition coefficient (Wildman–Crippen LogP) is 2.74. The SMILES string of the molecule is Cc1cc(NS(C)(=O)=O)ccc1-c1cnccc1C. The Bertz CT molecular complexity index is 709. The predicted molar refractivity (Wildman–Crippen MR) is 77.6 cm³/mol. The number of hydrogen-bond donors (Lipinski definition) is 1. The Hall–Kier alpha value is -1.88. The molecule has 0 aliphatic rings. The van der Waals surface area contributed by atoms with Gasteiger partial charge < -0.3 is 0 Å². The number of anilines is 1. The minimum Gasteiger partial charge on any atom is -0.284 e. The van der Waals surface area contributed by atoms with Crippen molar-refractivity contribution in [3.8, 4) is 11.1 Å². The molecule has 0 radical (unpaired) electrons. The van der Waals surface area contributed by atoms with Crippen LogP contribution in [0, 0.1) is 13.8 Å². The maximum absolute atomic E-state index is 11.2. The van der Waals surface area contributed by atoms with Crippen molar-refractivity contribution in [1.82, 2.24) is 4.98 Å². The van der Waals surface area contributed by atoms with Crippen molar-refractivity contribution in [2.45, 2.75) is 13.8 Å². The first-order valence-electron chi connectivity index (χ1n) is 5.86. The third-order valence-corrected chi connectivity index (χ3v) is 3.47. The summed E-state index contributed by atoms with van der Waals surface area (Å²) in [4.78, 5) is 4.13. The van der Waals surface area contributed by atoms with E-state index in [2.05, 4.69) is 9.71 Å². The lowest BCUT2D eigenvalue weighted by Gasteiger charge is -2.11. The molecule has 4 nitrogen and oxygen atoms in total. The second-order valence-electron chi connectivity index (χ2n) is 4.59. The van der Waals surface area contributed by atoms with Crippen molar-refractivity contribution in [3.63, 3.8) is 0 Å². The largest absolute Gasteiger partial charge is 0.284 e. The summed E-state index contributed by atoms with van der Waals surface area (Å²) in [5, 5.41) is 0. The van der Waals surface area contributed by atoms with Gasteiger partial charge in [0.25, 0.3) is 0 Å². The van der Waals surface area contributed by atoms with Crippen LogP contribution in [0.1, 0.15) is 11.1 Å². The Morgan fingerprint density at radius 3 is 2.37 bits per heavy atom. The quantitative estimate of drug-likeness (QED) is 0.937. The van der Waals surface area contributed by atoms with Gasteiger partial charge in [-0.05, 0) is 48.7 Å². The van der Waals surface area contributed by atoms with Crippen molar-refractivity contribution in [2.75, 3.05) is 11.0 Å². The maximum Gasteiger partial charge on any atom is 0.229 e. The molecule has 5 heteroatoms. The Balaban J connectivity index is 2.43. The molecular formula is C14H16N2O2S. The Morgan fingerprint density at radius 2 is 1.79 bits per heavy atom. The van der Waals surface area contributed by atoms with Crippen LogP contribution in [0.5, 0.6) is 0 Å². The average Bonchev–Trinajstić information content (AvgIpc) is 2.28. The summed E-state index contributed by atoms with van der Waals surface area (Å²) >= 11 is 0. The van der Waals surface area contributed by atoms with E-state index in [9.17, 15) is 8.42 Å². The average molecular weight is 276 g/mol. The molecule has 0 atom stereocenters. The van der Waals surface area contributed by atoms with Crippen molar-refractivity contribution in [1.29, 1.82) is 0 Å². The van der Waals surface area contributed by atoms with Gasteiger partial charge in [0, 0.05) is 23.6 Å². The van der Waals surface area contributed by atoms with Gasteiger partial charge in [-0.25, -0.2) is 8.42 Å². The number of nitrogens with zero attached hydrogens (tertiary/aromatic N) is 1. The number of nitrogens with one attached hydrogen (secondary N) is 1. The zero-order valence-corrected chi connectivity index (χ0v) is 12.0. The van der Waals surface area contributed by atoms with Crippen LogP contribution in [0.15, 0.2) is 36.7 Å². The first-order chi connectivity index (χ1) is 8.87. The number of aryl methyl sites for hydroxylation is 2. The minimum absolute atomic E-state index is 0.574. The van der Waals surface area contributed by atoms with E-state index < -0.39 is 10.0 Å². The molecule has 0 saturated carbocycles. The van der Waals surface area contributed by atoms with Crippen LogP contribution in [0.25, 0.3) is 11.1 Å². The van der Waals surface area contributed by atoms with Crippen LogP contribution in [0.2, 0.25) is 0 Å². The van der Waals surface area contributed by atoms with Gasteiger partial charge in [0.2, 0.25) is 10.0 Å². The molecule has 0 saturated heterocycles. The van der Waals surface area contributed by atoms with E-state index in [4.69, 9.17) is 0 Å². The van der Waals surface area contributed by atoms with Crippen LogP contribution < -0.4 is 4.72 Å². The molecule has 1 N–H and O–H groups in total. The van der Waals surface area contributed by atoms with E-state index in [1.165, 1.54) is 0 Å². The normalized spacial score (nSPS) is 11.3. The van der Waals surface area contributed by atoms with Gasteiger partial charge in [-0.15, -0.1) is 0 Å². The standard InChI is InChI=1S/C14H16N2O2S/c1-10-6-7-15-9-14(10)13-5-4-12(8-11(13)2)16-19(3,17)18/h4-9,16H,1-3H3. The monoisotopic (exact) mass is 276 g/mol. The molecule has 1 aromatic heterocycles. The summed E-state index contributed by atoms with van der Waals surface area (Å²) in [5.41, 5.74) is 4.84. The second-order valence-corrected chi connectivity index (χ2v) is 6.34. The van der Waals surface area contributed by atoms with Gasteiger partial charge in [0.05, 0.1) is 6.26 Å². The highest BCUT2D eigenvalue weighted by Gasteiger charge is 2.07. The number of rotatable bonds is 3. The fourth-order valence-electron chi connectivity index (χ4n) is 1.99. The topological polar surface area (TPSA) is 59.1 Å². The number of aromatic nitrogens is 1. The highest BCUT2D eigenvalue weighted by Crippen LogP contribution is 2.27. The van der Waals surface area contributed by atoms with E-state index in [1.54, 1.807) is 12.3 Å². The van der Waals surface area contributed by atoms with Crippen molar-refractivity contribution in [2.24, 2.45) is 0 Å². The molecule has 0 spiro atoms. The first kappa shape index (κ1) is 13.5. The summed E-state index contributed by atoms with van der Waals surface area (Å²) in [6, 6.07) is 7.45. The highest BCUT2D eigenvalue weighted by molar-refractivity contribution is 7.92. The van der Waals surface area contributed by atoms with Crippen molar-refractivity contribution >= 4 is 15.7 Å². The molecule has 0 amide bonds. The van der Waals surface area contributed by atoms with Crippen LogP contribution in [0.4, 0.5) is 5.69 Å². The fraction of sp³-hybridized carbons (Fsp3) is 0.214. The van der Waals surface area contributed by atoms with E-state index >= 15 is 0 Å². The summed E-state index contributed by atoms with van der Waals surface area (Å²) in [7, 11) is -3.24. The van der Waals surface area contributed by atoms with Gasteiger partial charge in [0.15, 0.2) is 0 Å². The smallest absolute Gasteiger partial charge is 0.229 e. The van der Waals surface area contributed by atoms with E-state index in [1.807, 2.05) is 38.2 Å². The third kappa shape index (κ3) is 3.32. The second kappa shape index (κ2) is 5.01. The molecule has 2 aromatic rings. The lowest BCUT2D eigenvalue weighted by Crippen LogP contribution is -2.09. The van der Waals surface area contributed by atoms with Gasteiger partial charge in [-0.1, -0.05) is 6.07 Å². The molecule has 1 heterocycles. The fourth-order valence-corrected chi connectivity index (χ4v) is 2.54. The molecule has 0 unspecified atom stereocenters. The summed E-state index contributed by atoms with van der Waals surface area (Å²) in [5.74, 6) is 0. The summed E-state index contributed by atoms with van der Waals surface area (Å²) < 4.78 is 24.9. The molecule has 0 bridgehead atoms. The third-order valence-electron chi connectivity index (χ3n) is 2.86. The Kier molecular flexibility index (Phi) is 3.57. The zero-order valence-electron chi connectivity index (χ0n) is 11.1. The van der Waals surface area contributed by atoms with Gasteiger partial charge >= 0.3 is 0 Å². The number of benzene rings is 1. The molecule has 0 aliphatic heterocycles. The van der Waals surface area contributed by atoms with Gasteiger partial charge in [-0.3, -0.25) is 9.71 Å². The van der Waals surface area contributed by atoms with Crippen LogP contribution in [0.3, 0.4) is 0 Å². The molecule has 100 valence electrons. The maximum atomic E-state index is 11.2. The van der Waals surface area contributed by atoms with Crippen LogP contribution in [-0.2, 0) is 10.0 Å². The Morgan fingerprint density at radius 1 is 1.05 bits per heavy atom. The van der Waals surface area contributed by atoms with E-state index in [0.29, 0.717) is 5.69 Å². The van der Waals surface area contributed by atoms with E-state index in [0.717, 1.165) is 28.5 Å². The zero-order chi connectivity index (χ0) is 14.0. The molecular weight excluding hydrogens is 260 g/mol. The van der Waals surface area contributed by atoms with Crippen molar-refractivity contribution in [3.05, 3.63) is 47.8 Å². The molecule has 2 rings (SSSR count). The van der Waals surface area contributed by atoms with Crippen molar-refractivity contribution < 1.29 is 8.42 Å². The molecule has 1 aromatic carbocycles. The van der Waals surface area contributed by atoms with Crippen LogP contribution >= 0.6 is 0 Å². The minimum atomic E-state index is -3.24. The lowest BCUT2D eigenvalue weighted by molar-refractivity contribution is 0.607. The Labute approximate surface area is 113 Å². The van der Waals surface area contributed by atoms with Gasteiger partial charge in [0.1, 0.15) is 0 Å². The lowest BCUT2D eigenvalue weighted by atomic mass is 9.98. The van der Waals surface area contributed by atoms with Crippen LogP contribution in [-0.4, -0.2) is 19.7 Å². The number of hydrogen-bond acceptors (Lipinski definition) is 3. The molecule has 0 aliphatic carbocycles. The first-order valence-corrected chi connectivity index (χ1v) is 7.75. The van der Waals surface area contributed by atoms with E-state index in [-0.39, 0.29) is 0 Å².